The van der Waals surface area contributed by atoms with E-state index in [0.717, 1.165) is 25.7 Å². The lowest BCUT2D eigenvalue weighted by molar-refractivity contribution is -0.123. The number of nitrogens with one attached hydrogen (secondary N) is 2. The van der Waals surface area contributed by atoms with Gasteiger partial charge in [0.15, 0.2) is 0 Å². The number of H-pyrrole nitrogens is 1. The predicted octanol–water partition coefficient (Wildman–Crippen LogP) is 4.88. The maximum Gasteiger partial charge on any atom is 0.291 e. The highest BCUT2D eigenvalue weighted by Gasteiger charge is 2.39. The van der Waals surface area contributed by atoms with Crippen LogP contribution in [0.5, 0.6) is 0 Å². The highest BCUT2D eigenvalue weighted by atomic mass is 31.1. The first kappa shape index (κ1) is 35.8. The minimum atomic E-state index is -2.15. The molecular formula is C30H45BF2N7O2P3. The topological polar surface area (TPSA) is 109 Å². The summed E-state index contributed by atoms with van der Waals surface area (Å²) < 4.78 is 30.6. The van der Waals surface area contributed by atoms with E-state index < -0.39 is 29.1 Å². The maximum atomic E-state index is 14.8. The van der Waals surface area contributed by atoms with Crippen molar-refractivity contribution in [3.63, 3.8) is 0 Å². The zero-order valence-electron chi connectivity index (χ0n) is 26.9. The number of carbonyl (C=O) groups excluding carboxylic acids is 2. The van der Waals surface area contributed by atoms with Crippen LogP contribution < -0.4 is 10.6 Å². The van der Waals surface area contributed by atoms with Crippen LogP contribution >= 0.6 is 27.7 Å². The Morgan fingerprint density at radius 3 is 2.44 bits per heavy atom. The molecule has 1 saturated carbocycles. The molecule has 1 fully saturated rings. The van der Waals surface area contributed by atoms with Crippen molar-refractivity contribution in [3.8, 4) is 0 Å². The van der Waals surface area contributed by atoms with Gasteiger partial charge in [0, 0.05) is 18.4 Å². The summed E-state index contributed by atoms with van der Waals surface area (Å²) in [5, 5.41) is 7.47. The van der Waals surface area contributed by atoms with Crippen molar-refractivity contribution in [3.05, 3.63) is 35.7 Å². The fourth-order valence-corrected chi connectivity index (χ4v) is 7.20. The van der Waals surface area contributed by atoms with E-state index in [1.807, 2.05) is 13.8 Å². The zero-order chi connectivity index (χ0) is 33.5. The minimum absolute atomic E-state index is 0.0482. The molecular weight excluding hydrogens is 632 g/mol. The van der Waals surface area contributed by atoms with E-state index >= 15 is 0 Å². The van der Waals surface area contributed by atoms with Gasteiger partial charge in [-0.15, -0.1) is 27.7 Å². The monoisotopic (exact) mass is 677 g/mol. The van der Waals surface area contributed by atoms with Gasteiger partial charge in [-0.05, 0) is 89.2 Å². The third-order valence-electron chi connectivity index (χ3n) is 8.40. The van der Waals surface area contributed by atoms with E-state index in [1.54, 1.807) is 28.8 Å². The second-order valence-electron chi connectivity index (χ2n) is 13.6. The lowest BCUT2D eigenvalue weighted by Gasteiger charge is -2.40. The normalized spacial score (nSPS) is 18.5. The number of aromatic amines is 1. The van der Waals surface area contributed by atoms with Gasteiger partial charge in [-0.2, -0.15) is 5.10 Å². The first-order valence-corrected chi connectivity index (χ1v) is 17.0. The standard InChI is InChI=1S/C30H45BF2N7O2P3/c1-16(2)40-25(35-15-36-40)27(42)39(6)22(17-9-11-30(44,45)12-10-17)24-37-20-8-7-18(23(43)21(20)38-24)19(13-29(5,31)33)26(41)34-14-28(3,4)32/h7-8,15-17,19,22H,9-14,43-45H2,1-6H3,(H,34,41)(H,37,38). The van der Waals surface area contributed by atoms with Gasteiger partial charge in [0.1, 0.15) is 25.7 Å². The van der Waals surface area contributed by atoms with Crippen molar-refractivity contribution >= 4 is 63.7 Å². The number of hydrogen-bond donors (Lipinski definition) is 2. The smallest absolute Gasteiger partial charge is 0.291 e. The van der Waals surface area contributed by atoms with Gasteiger partial charge in [-0.1, -0.05) is 6.07 Å². The number of fused-ring (bicyclic) bond motifs is 1. The molecule has 2 heterocycles. The van der Waals surface area contributed by atoms with Crippen LogP contribution in [0.15, 0.2) is 18.5 Å². The van der Waals surface area contributed by atoms with Crippen molar-refractivity contribution in [1.29, 1.82) is 0 Å². The van der Waals surface area contributed by atoms with Crippen LogP contribution in [0.1, 0.15) is 107 Å². The summed E-state index contributed by atoms with van der Waals surface area (Å²) >= 11 is 0. The lowest BCUT2D eigenvalue weighted by Crippen LogP contribution is -2.40. The van der Waals surface area contributed by atoms with Crippen LogP contribution in [0.3, 0.4) is 0 Å². The molecule has 0 saturated heterocycles. The van der Waals surface area contributed by atoms with E-state index in [1.165, 1.54) is 27.1 Å². The first-order valence-electron chi connectivity index (χ1n) is 15.2. The molecule has 6 unspecified atom stereocenters. The van der Waals surface area contributed by atoms with Gasteiger partial charge in [0.05, 0.1) is 35.1 Å². The molecule has 0 aliphatic heterocycles. The Labute approximate surface area is 272 Å². The molecule has 6 atom stereocenters. The van der Waals surface area contributed by atoms with E-state index in [2.05, 4.69) is 48.1 Å². The number of nitrogens with zero attached hydrogens (tertiary/aromatic N) is 5. The SMILES string of the molecule is [B]C(C)(F)CC(C(=O)NCC(C)(C)F)c1ccc2[nH]c(C(C3CCC(P)(P)CC3)N(C)C(=O)c3ncnn3C(C)C)nc2c1P. The Hall–Kier alpha value is -2.02. The largest absolute Gasteiger partial charge is 0.352 e. The van der Waals surface area contributed by atoms with Gasteiger partial charge in [0.2, 0.25) is 11.7 Å². The lowest BCUT2D eigenvalue weighted by atomic mass is 9.76. The summed E-state index contributed by atoms with van der Waals surface area (Å²) in [6.07, 6.45) is 4.73. The summed E-state index contributed by atoms with van der Waals surface area (Å²) in [5.74, 6) is -0.786. The third-order valence-corrected chi connectivity index (χ3v) is 10.2. The number of benzene rings is 1. The van der Waals surface area contributed by atoms with Gasteiger partial charge in [-0.25, -0.2) is 19.0 Å². The quantitative estimate of drug-likeness (QED) is 0.222. The highest BCUT2D eigenvalue weighted by molar-refractivity contribution is 7.39. The molecule has 2 N–H and O–H groups in total. The van der Waals surface area contributed by atoms with Crippen molar-refractivity contribution in [2.75, 3.05) is 13.6 Å². The van der Waals surface area contributed by atoms with Crippen LogP contribution in [0.4, 0.5) is 8.78 Å². The summed E-state index contributed by atoms with van der Waals surface area (Å²) in [4.78, 5) is 41.7. The van der Waals surface area contributed by atoms with Gasteiger partial charge in [0.25, 0.3) is 5.91 Å². The van der Waals surface area contributed by atoms with E-state index in [-0.39, 0.29) is 41.6 Å². The van der Waals surface area contributed by atoms with E-state index in [0.29, 0.717) is 27.7 Å². The highest BCUT2D eigenvalue weighted by Crippen LogP contribution is 2.48. The minimum Gasteiger partial charge on any atom is -0.352 e. The molecule has 9 nitrogen and oxygen atoms in total. The molecule has 4 rings (SSSR count). The van der Waals surface area contributed by atoms with Crippen LogP contribution in [-0.4, -0.2) is 79.0 Å². The Morgan fingerprint density at radius 2 is 1.87 bits per heavy atom. The molecule has 15 heteroatoms. The van der Waals surface area contributed by atoms with Crippen molar-refractivity contribution in [1.82, 2.24) is 34.9 Å². The summed E-state index contributed by atoms with van der Waals surface area (Å²) in [6, 6.07) is 3.10. The molecule has 3 aromatic rings. The number of carbonyl (C=O) groups is 2. The average Bonchev–Trinajstić information content (AvgIpc) is 3.59. The zero-order valence-corrected chi connectivity index (χ0v) is 30.4. The van der Waals surface area contributed by atoms with Crippen LogP contribution in [0, 0.1) is 5.92 Å². The molecule has 1 aromatic carbocycles. The molecule has 1 aliphatic rings. The molecule has 0 bridgehead atoms. The second kappa shape index (κ2) is 13.6. The number of imidazole rings is 1. The molecule has 2 aromatic heterocycles. The molecule has 45 heavy (non-hydrogen) atoms. The summed E-state index contributed by atoms with van der Waals surface area (Å²) in [5.41, 5.74) is -1.98. The summed E-state index contributed by atoms with van der Waals surface area (Å²) in [7, 11) is 16.0. The first-order chi connectivity index (χ1) is 20.8. The van der Waals surface area contributed by atoms with Crippen LogP contribution in [0.25, 0.3) is 11.0 Å². The number of halogens is 2. The van der Waals surface area contributed by atoms with Crippen LogP contribution in [0.2, 0.25) is 0 Å². The molecule has 0 spiro atoms. The molecule has 1 aliphatic carbocycles. The number of aromatic nitrogens is 5. The maximum absolute atomic E-state index is 14.8. The Bertz CT molecular complexity index is 1520. The number of alkyl halides is 2. The number of rotatable bonds is 11. The van der Waals surface area contributed by atoms with E-state index in [4.69, 9.17) is 12.8 Å². The van der Waals surface area contributed by atoms with Gasteiger partial charge in [-0.3, -0.25) is 14.0 Å². The van der Waals surface area contributed by atoms with Gasteiger partial charge < -0.3 is 15.2 Å². The van der Waals surface area contributed by atoms with Crippen molar-refractivity contribution in [2.45, 2.75) is 101 Å². The van der Waals surface area contributed by atoms with E-state index in [9.17, 15) is 18.4 Å². The van der Waals surface area contributed by atoms with Crippen LogP contribution in [-0.2, 0) is 4.79 Å². The molecule has 244 valence electrons. The molecule has 2 amide bonds. The number of hydrogen-bond acceptors (Lipinski definition) is 5. The fraction of sp³-hybridized carbons (Fsp3) is 0.633. The van der Waals surface area contributed by atoms with Crippen molar-refractivity contribution < 1.29 is 18.4 Å². The second-order valence-corrected chi connectivity index (χ2v) is 17.2. The summed E-state index contributed by atoms with van der Waals surface area (Å²) in [6.45, 7) is 7.60. The Kier molecular flexibility index (Phi) is 10.8. The van der Waals surface area contributed by atoms with Crippen molar-refractivity contribution in [2.24, 2.45) is 5.92 Å². The molecule has 2 radical (unpaired) electrons. The number of amides is 2. The fourth-order valence-electron chi connectivity index (χ4n) is 6.02. The Morgan fingerprint density at radius 1 is 1.22 bits per heavy atom. The Balaban J connectivity index is 1.76. The van der Waals surface area contributed by atoms with Gasteiger partial charge >= 0.3 is 0 Å². The third kappa shape index (κ3) is 8.67. The predicted molar refractivity (Wildman–Crippen MR) is 186 cm³/mol. The average molecular weight is 677 g/mol.